The standard InChI is InChI=1S/C60H117NO9/c1-3-5-7-9-11-13-15-17-19-21-22-23-24-25-26-27-28-29-30-31-33-35-37-39-41-43-45-47-49-54(64)59(68)61-52(51-69-60-58(67)57(66)56(65)55(50-62)70-60)53(63)48-46-44-42-40-38-36-34-32-20-18-16-14-12-10-8-6-4-2/h46,48,52-58,60,62-67H,3-45,47,49-51H2,1-2H3,(H,61,68)/b48-46+. The molecule has 0 aromatic heterocycles. The van der Waals surface area contributed by atoms with Gasteiger partial charge in [0, 0.05) is 0 Å². The van der Waals surface area contributed by atoms with Crippen molar-refractivity contribution in [1.29, 1.82) is 0 Å². The number of aliphatic hydroxyl groups is 6. The molecule has 0 aromatic carbocycles. The van der Waals surface area contributed by atoms with E-state index >= 15 is 0 Å². The van der Waals surface area contributed by atoms with Crippen LogP contribution in [0.1, 0.15) is 303 Å². The van der Waals surface area contributed by atoms with Crippen molar-refractivity contribution < 1.29 is 44.9 Å². The highest BCUT2D eigenvalue weighted by atomic mass is 16.7. The summed E-state index contributed by atoms with van der Waals surface area (Å²) in [7, 11) is 0. The minimum absolute atomic E-state index is 0.300. The van der Waals surface area contributed by atoms with Gasteiger partial charge < -0.3 is 45.4 Å². The SMILES string of the molecule is CCCCCCCCCCCCCCCCC/C=C/C(O)C(COC1OC(CO)C(O)C(O)C1O)NC(=O)C(O)CCCCCCCCCCCCCCCCCCCCCCCCCCCCCC. The lowest BCUT2D eigenvalue weighted by Gasteiger charge is -2.40. The highest BCUT2D eigenvalue weighted by Gasteiger charge is 2.44. The molecule has 0 aliphatic carbocycles. The van der Waals surface area contributed by atoms with Gasteiger partial charge in [-0.05, 0) is 19.3 Å². The first-order valence-electron chi connectivity index (χ1n) is 30.5. The van der Waals surface area contributed by atoms with Crippen LogP contribution in [-0.2, 0) is 14.3 Å². The molecule has 0 bridgehead atoms. The molecular formula is C60H117NO9. The second-order valence-electron chi connectivity index (χ2n) is 21.7. The van der Waals surface area contributed by atoms with Crippen molar-refractivity contribution >= 4 is 5.91 Å². The first kappa shape index (κ1) is 66.9. The number of allylic oxidation sites excluding steroid dienone is 1. The van der Waals surface area contributed by atoms with Crippen LogP contribution in [0, 0.1) is 0 Å². The fourth-order valence-electron chi connectivity index (χ4n) is 10.0. The van der Waals surface area contributed by atoms with E-state index in [1.807, 2.05) is 6.08 Å². The van der Waals surface area contributed by atoms with Gasteiger partial charge in [0.1, 0.15) is 30.5 Å². The van der Waals surface area contributed by atoms with Crippen LogP contribution >= 0.6 is 0 Å². The Bertz CT molecular complexity index is 1130. The lowest BCUT2D eigenvalue weighted by Crippen LogP contribution is -2.60. The Morgan fingerprint density at radius 3 is 1.16 bits per heavy atom. The van der Waals surface area contributed by atoms with Gasteiger partial charge in [0.2, 0.25) is 5.91 Å². The summed E-state index contributed by atoms with van der Waals surface area (Å²) >= 11 is 0. The fourth-order valence-corrected chi connectivity index (χ4v) is 10.0. The van der Waals surface area contributed by atoms with Crippen LogP contribution in [0.5, 0.6) is 0 Å². The van der Waals surface area contributed by atoms with Gasteiger partial charge in [0.25, 0.3) is 0 Å². The van der Waals surface area contributed by atoms with Crippen molar-refractivity contribution in [2.45, 2.75) is 352 Å². The molecule has 8 unspecified atom stereocenters. The molecule has 1 heterocycles. The minimum Gasteiger partial charge on any atom is -0.394 e. The Labute approximate surface area is 431 Å². The average molecular weight is 997 g/mol. The molecule has 0 aromatic rings. The normalized spacial score (nSPS) is 19.8. The third kappa shape index (κ3) is 38.5. The highest BCUT2D eigenvalue weighted by Crippen LogP contribution is 2.23. The minimum atomic E-state index is -1.61. The number of carbonyl (C=O) groups is 1. The summed E-state index contributed by atoms with van der Waals surface area (Å²) in [4.78, 5) is 13.1. The van der Waals surface area contributed by atoms with Gasteiger partial charge in [-0.15, -0.1) is 0 Å². The van der Waals surface area contributed by atoms with Gasteiger partial charge in [0.05, 0.1) is 25.4 Å². The fraction of sp³-hybridized carbons (Fsp3) is 0.950. The van der Waals surface area contributed by atoms with Crippen LogP contribution in [0.15, 0.2) is 12.2 Å². The molecule has 0 radical (unpaired) electrons. The molecule has 1 fully saturated rings. The number of nitrogens with one attached hydrogen (secondary N) is 1. The van der Waals surface area contributed by atoms with Crippen molar-refractivity contribution in [3.8, 4) is 0 Å². The predicted octanol–water partition coefficient (Wildman–Crippen LogP) is 14.2. The van der Waals surface area contributed by atoms with Gasteiger partial charge in [-0.2, -0.15) is 0 Å². The Morgan fingerprint density at radius 2 is 0.814 bits per heavy atom. The van der Waals surface area contributed by atoms with Crippen LogP contribution in [0.3, 0.4) is 0 Å². The van der Waals surface area contributed by atoms with Gasteiger partial charge in [-0.25, -0.2) is 0 Å². The predicted molar refractivity (Wildman–Crippen MR) is 292 cm³/mol. The van der Waals surface area contributed by atoms with Crippen LogP contribution in [-0.4, -0.2) is 98.7 Å². The van der Waals surface area contributed by atoms with Crippen LogP contribution in [0.4, 0.5) is 0 Å². The van der Waals surface area contributed by atoms with Gasteiger partial charge >= 0.3 is 0 Å². The Balaban J connectivity index is 2.20. The number of hydrogen-bond donors (Lipinski definition) is 7. The lowest BCUT2D eigenvalue weighted by atomic mass is 9.99. The Kier molecular flexibility index (Phi) is 47.9. The molecule has 0 spiro atoms. The maximum atomic E-state index is 13.1. The zero-order valence-electron chi connectivity index (χ0n) is 45.9. The molecule has 10 nitrogen and oxygen atoms in total. The maximum absolute atomic E-state index is 13.1. The molecule has 0 saturated carbocycles. The summed E-state index contributed by atoms with van der Waals surface area (Å²) in [6.45, 7) is 3.66. The summed E-state index contributed by atoms with van der Waals surface area (Å²) < 4.78 is 11.2. The van der Waals surface area contributed by atoms with Crippen molar-refractivity contribution in [2.24, 2.45) is 0 Å². The van der Waals surface area contributed by atoms with Gasteiger partial charge in [-0.1, -0.05) is 296 Å². The van der Waals surface area contributed by atoms with E-state index in [2.05, 4.69) is 19.2 Å². The number of ether oxygens (including phenoxy) is 2. The van der Waals surface area contributed by atoms with Crippen LogP contribution in [0.2, 0.25) is 0 Å². The molecule has 1 aliphatic heterocycles. The number of hydrogen-bond acceptors (Lipinski definition) is 9. The van der Waals surface area contributed by atoms with Crippen LogP contribution < -0.4 is 5.32 Å². The number of carbonyl (C=O) groups excluding carboxylic acids is 1. The zero-order chi connectivity index (χ0) is 51.0. The maximum Gasteiger partial charge on any atom is 0.249 e. The van der Waals surface area contributed by atoms with E-state index in [0.29, 0.717) is 6.42 Å². The molecule has 1 rings (SSSR count). The molecule has 8 atom stereocenters. The van der Waals surface area contributed by atoms with E-state index in [0.717, 1.165) is 44.9 Å². The van der Waals surface area contributed by atoms with Gasteiger partial charge in [0.15, 0.2) is 6.29 Å². The molecule has 1 saturated heterocycles. The molecule has 1 amide bonds. The quantitative estimate of drug-likeness (QED) is 0.0232. The van der Waals surface area contributed by atoms with Crippen LogP contribution in [0.25, 0.3) is 0 Å². The Morgan fingerprint density at radius 1 is 0.486 bits per heavy atom. The van der Waals surface area contributed by atoms with E-state index in [9.17, 15) is 35.4 Å². The zero-order valence-corrected chi connectivity index (χ0v) is 45.9. The summed E-state index contributed by atoms with van der Waals surface area (Å²) in [6, 6.07) is -0.976. The van der Waals surface area contributed by atoms with Crippen molar-refractivity contribution in [2.75, 3.05) is 13.2 Å². The monoisotopic (exact) mass is 996 g/mol. The second-order valence-corrected chi connectivity index (χ2v) is 21.7. The summed E-state index contributed by atoms with van der Waals surface area (Å²) in [6.07, 6.45) is 51.8. The molecular weight excluding hydrogens is 879 g/mol. The smallest absolute Gasteiger partial charge is 0.249 e. The van der Waals surface area contributed by atoms with E-state index < -0.39 is 61.5 Å². The third-order valence-electron chi connectivity index (χ3n) is 15.0. The van der Waals surface area contributed by atoms with Gasteiger partial charge in [-0.3, -0.25) is 4.79 Å². The van der Waals surface area contributed by atoms with Crippen molar-refractivity contribution in [1.82, 2.24) is 5.32 Å². The molecule has 7 N–H and O–H groups in total. The largest absolute Gasteiger partial charge is 0.394 e. The van der Waals surface area contributed by atoms with Crippen molar-refractivity contribution in [3.63, 3.8) is 0 Å². The van der Waals surface area contributed by atoms with E-state index in [4.69, 9.17) is 9.47 Å². The molecule has 70 heavy (non-hydrogen) atoms. The van der Waals surface area contributed by atoms with E-state index in [-0.39, 0.29) is 6.61 Å². The molecule has 416 valence electrons. The lowest BCUT2D eigenvalue weighted by molar-refractivity contribution is -0.302. The second kappa shape index (κ2) is 50.1. The number of unbranched alkanes of at least 4 members (excludes halogenated alkanes) is 42. The number of amides is 1. The number of rotatable bonds is 53. The van der Waals surface area contributed by atoms with E-state index in [1.165, 1.54) is 238 Å². The van der Waals surface area contributed by atoms with E-state index in [1.54, 1.807) is 6.08 Å². The summed E-state index contributed by atoms with van der Waals surface area (Å²) in [5, 5.41) is 65.1. The Hall–Kier alpha value is -1.11. The van der Waals surface area contributed by atoms with Crippen molar-refractivity contribution in [3.05, 3.63) is 12.2 Å². The average Bonchev–Trinajstić information content (AvgIpc) is 3.36. The summed E-state index contributed by atoms with van der Waals surface area (Å²) in [5.74, 6) is -0.609. The first-order chi connectivity index (χ1) is 34.3. The molecule has 1 aliphatic rings. The number of aliphatic hydroxyl groups excluding tert-OH is 6. The third-order valence-corrected chi connectivity index (χ3v) is 15.0. The topological polar surface area (TPSA) is 169 Å². The molecule has 10 heteroatoms. The summed E-state index contributed by atoms with van der Waals surface area (Å²) in [5.41, 5.74) is 0. The highest BCUT2D eigenvalue weighted by molar-refractivity contribution is 5.80. The first-order valence-corrected chi connectivity index (χ1v) is 30.5.